The molecule has 1 N–H and O–H groups in total. The van der Waals surface area contributed by atoms with E-state index in [-0.39, 0.29) is 0 Å². The third-order valence-electron chi connectivity index (χ3n) is 3.50. The normalized spacial score (nSPS) is 15.9. The zero-order valence-electron chi connectivity index (χ0n) is 10.9. The first-order valence-corrected chi connectivity index (χ1v) is 8.11. The molecule has 1 fully saturated rings. The molecule has 1 aliphatic rings. The molecular formula is C11H11BrN8S. The average molecular weight is 367 g/mol. The van der Waals surface area contributed by atoms with Crippen molar-refractivity contribution >= 4 is 49.2 Å². The van der Waals surface area contributed by atoms with Gasteiger partial charge in [0, 0.05) is 36.0 Å². The lowest BCUT2D eigenvalue weighted by Crippen LogP contribution is -2.47. The van der Waals surface area contributed by atoms with Gasteiger partial charge < -0.3 is 9.80 Å². The molecule has 8 nitrogen and oxygen atoms in total. The van der Waals surface area contributed by atoms with Crippen LogP contribution in [0.3, 0.4) is 0 Å². The molecule has 0 aromatic carbocycles. The highest BCUT2D eigenvalue weighted by atomic mass is 79.9. The van der Waals surface area contributed by atoms with Crippen molar-refractivity contribution in [2.24, 2.45) is 0 Å². The summed E-state index contributed by atoms with van der Waals surface area (Å²) in [7, 11) is 0. The van der Waals surface area contributed by atoms with Crippen molar-refractivity contribution in [1.29, 1.82) is 0 Å². The Morgan fingerprint density at radius 1 is 1.14 bits per heavy atom. The Morgan fingerprint density at radius 3 is 2.71 bits per heavy atom. The van der Waals surface area contributed by atoms with E-state index >= 15 is 0 Å². The van der Waals surface area contributed by atoms with Gasteiger partial charge in [0.05, 0.1) is 5.39 Å². The van der Waals surface area contributed by atoms with Crippen LogP contribution in [-0.2, 0) is 0 Å². The molecule has 0 aliphatic carbocycles. The smallest absolute Gasteiger partial charge is 0.265 e. The molecule has 10 heteroatoms. The summed E-state index contributed by atoms with van der Waals surface area (Å²) in [5.74, 6) is 1.64. The molecule has 1 aliphatic heterocycles. The maximum atomic E-state index is 4.47. The number of anilines is 2. The van der Waals surface area contributed by atoms with Gasteiger partial charge in [-0.15, -0.1) is 16.4 Å². The van der Waals surface area contributed by atoms with Crippen LogP contribution in [-0.4, -0.2) is 56.8 Å². The van der Waals surface area contributed by atoms with E-state index in [4.69, 9.17) is 0 Å². The predicted molar refractivity (Wildman–Crippen MR) is 83.7 cm³/mol. The third kappa shape index (κ3) is 2.23. The van der Waals surface area contributed by atoms with E-state index in [9.17, 15) is 0 Å². The first kappa shape index (κ1) is 12.9. The summed E-state index contributed by atoms with van der Waals surface area (Å²) in [6.07, 6.45) is 1.63. The Balaban J connectivity index is 1.59. The number of nitrogens with zero attached hydrogens (tertiary/aromatic N) is 7. The van der Waals surface area contributed by atoms with Crippen LogP contribution in [0.25, 0.3) is 10.2 Å². The molecule has 0 bridgehead atoms. The molecule has 1 saturated heterocycles. The van der Waals surface area contributed by atoms with Crippen LogP contribution in [0.2, 0.25) is 0 Å². The number of rotatable bonds is 2. The minimum absolute atomic E-state index is 0.652. The SMILES string of the molecule is Brc1csc2ncnc(N3CCN(c4nn[nH]n4)CC3)c12. The van der Waals surface area contributed by atoms with E-state index in [0.717, 1.165) is 46.7 Å². The van der Waals surface area contributed by atoms with Gasteiger partial charge in [0.25, 0.3) is 5.95 Å². The summed E-state index contributed by atoms with van der Waals surface area (Å²) in [6, 6.07) is 0. The lowest BCUT2D eigenvalue weighted by molar-refractivity contribution is 0.636. The number of tetrazole rings is 1. The predicted octanol–water partition coefficient (Wildman–Crippen LogP) is 1.29. The Bertz CT molecular complexity index is 749. The summed E-state index contributed by atoms with van der Waals surface area (Å²) in [4.78, 5) is 14.2. The van der Waals surface area contributed by atoms with E-state index in [0.29, 0.717) is 5.95 Å². The molecule has 0 unspecified atom stereocenters. The Hall–Kier alpha value is -1.81. The minimum Gasteiger partial charge on any atom is -0.352 e. The fourth-order valence-corrected chi connectivity index (χ4v) is 4.01. The van der Waals surface area contributed by atoms with Crippen molar-refractivity contribution in [2.45, 2.75) is 0 Å². The molecule has 21 heavy (non-hydrogen) atoms. The lowest BCUT2D eigenvalue weighted by atomic mass is 10.3. The van der Waals surface area contributed by atoms with Crippen LogP contribution < -0.4 is 9.80 Å². The fourth-order valence-electron chi connectivity index (χ4n) is 2.47. The van der Waals surface area contributed by atoms with Crippen LogP contribution in [0.15, 0.2) is 16.2 Å². The molecular weight excluding hydrogens is 356 g/mol. The molecule has 0 radical (unpaired) electrons. The van der Waals surface area contributed by atoms with Gasteiger partial charge in [-0.2, -0.15) is 5.21 Å². The van der Waals surface area contributed by atoms with Gasteiger partial charge in [0.1, 0.15) is 17.0 Å². The van der Waals surface area contributed by atoms with Gasteiger partial charge in [-0.05, 0) is 21.1 Å². The standard InChI is InChI=1S/C11H11BrN8S/c12-7-5-21-10-8(7)9(13-6-14-10)19-1-3-20(4-2-19)11-15-17-18-16-11/h5-6H,1-4H2,(H,15,16,17,18). The molecule has 4 rings (SSSR count). The molecule has 3 aromatic rings. The van der Waals surface area contributed by atoms with Crippen molar-refractivity contribution in [3.05, 3.63) is 16.2 Å². The number of thiophene rings is 1. The fraction of sp³-hybridized carbons (Fsp3) is 0.364. The van der Waals surface area contributed by atoms with Crippen LogP contribution >= 0.6 is 27.3 Å². The molecule has 3 aromatic heterocycles. The zero-order valence-corrected chi connectivity index (χ0v) is 13.3. The molecule has 0 spiro atoms. The van der Waals surface area contributed by atoms with E-state index < -0.39 is 0 Å². The largest absolute Gasteiger partial charge is 0.352 e. The average Bonchev–Trinajstić information content (AvgIpc) is 3.18. The number of hydrogen-bond donors (Lipinski definition) is 1. The number of aromatic nitrogens is 6. The molecule has 108 valence electrons. The van der Waals surface area contributed by atoms with Gasteiger partial charge in [-0.1, -0.05) is 5.10 Å². The third-order valence-corrected chi connectivity index (χ3v) is 5.32. The second-order valence-electron chi connectivity index (χ2n) is 4.65. The van der Waals surface area contributed by atoms with E-state index in [2.05, 4.69) is 61.7 Å². The van der Waals surface area contributed by atoms with Crippen molar-refractivity contribution in [3.8, 4) is 0 Å². The quantitative estimate of drug-likeness (QED) is 0.730. The van der Waals surface area contributed by atoms with Crippen molar-refractivity contribution < 1.29 is 0 Å². The lowest BCUT2D eigenvalue weighted by Gasteiger charge is -2.34. The second-order valence-corrected chi connectivity index (χ2v) is 6.36. The van der Waals surface area contributed by atoms with Gasteiger partial charge >= 0.3 is 0 Å². The Labute approximate surface area is 132 Å². The minimum atomic E-state index is 0.652. The maximum Gasteiger partial charge on any atom is 0.265 e. The number of H-pyrrole nitrogens is 1. The summed E-state index contributed by atoms with van der Waals surface area (Å²) in [6.45, 7) is 3.41. The van der Waals surface area contributed by atoms with E-state index in [1.165, 1.54) is 0 Å². The van der Waals surface area contributed by atoms with Crippen molar-refractivity contribution in [3.63, 3.8) is 0 Å². The molecule has 0 amide bonds. The Kier molecular flexibility index (Phi) is 3.19. The highest BCUT2D eigenvalue weighted by Gasteiger charge is 2.23. The van der Waals surface area contributed by atoms with Gasteiger partial charge in [0.15, 0.2) is 0 Å². The molecule has 0 saturated carbocycles. The highest BCUT2D eigenvalue weighted by Crippen LogP contribution is 2.35. The summed E-state index contributed by atoms with van der Waals surface area (Å²) in [5, 5.41) is 17.3. The number of hydrogen-bond acceptors (Lipinski definition) is 8. The first-order valence-electron chi connectivity index (χ1n) is 6.44. The number of halogens is 1. The van der Waals surface area contributed by atoms with Crippen molar-refractivity contribution in [1.82, 2.24) is 30.6 Å². The van der Waals surface area contributed by atoms with Crippen molar-refractivity contribution in [2.75, 3.05) is 36.0 Å². The van der Waals surface area contributed by atoms with Crippen LogP contribution in [0.4, 0.5) is 11.8 Å². The zero-order chi connectivity index (χ0) is 14.2. The van der Waals surface area contributed by atoms with Gasteiger partial charge in [0.2, 0.25) is 0 Å². The summed E-state index contributed by atoms with van der Waals surface area (Å²) >= 11 is 5.21. The molecule has 4 heterocycles. The number of aromatic amines is 1. The first-order chi connectivity index (χ1) is 10.3. The van der Waals surface area contributed by atoms with E-state index in [1.54, 1.807) is 17.7 Å². The molecule has 0 atom stereocenters. The van der Waals surface area contributed by atoms with Crippen LogP contribution in [0.1, 0.15) is 0 Å². The van der Waals surface area contributed by atoms with Gasteiger partial charge in [-0.25, -0.2) is 9.97 Å². The number of piperazine rings is 1. The van der Waals surface area contributed by atoms with Crippen LogP contribution in [0, 0.1) is 0 Å². The monoisotopic (exact) mass is 366 g/mol. The van der Waals surface area contributed by atoms with Gasteiger partial charge in [-0.3, -0.25) is 0 Å². The van der Waals surface area contributed by atoms with Crippen LogP contribution in [0.5, 0.6) is 0 Å². The maximum absolute atomic E-state index is 4.47. The topological polar surface area (TPSA) is 86.7 Å². The Morgan fingerprint density at radius 2 is 1.95 bits per heavy atom. The summed E-state index contributed by atoms with van der Waals surface area (Å²) < 4.78 is 1.05. The number of nitrogens with one attached hydrogen (secondary N) is 1. The highest BCUT2D eigenvalue weighted by molar-refractivity contribution is 9.10. The second kappa shape index (κ2) is 5.19. The number of fused-ring (bicyclic) bond motifs is 1. The van der Waals surface area contributed by atoms with E-state index in [1.807, 2.05) is 0 Å². The summed E-state index contributed by atoms with van der Waals surface area (Å²) in [5.41, 5.74) is 0.